The van der Waals surface area contributed by atoms with Crippen LogP contribution in [0, 0.1) is 20.8 Å². The van der Waals surface area contributed by atoms with Gasteiger partial charge in [-0.05, 0) is 151 Å². The monoisotopic (exact) mass is 844 g/mol. The number of anilines is 6. The van der Waals surface area contributed by atoms with Gasteiger partial charge in [0, 0.05) is 34.1 Å². The van der Waals surface area contributed by atoms with E-state index in [4.69, 9.17) is 0 Å². The van der Waals surface area contributed by atoms with Crippen LogP contribution >= 0.6 is 0 Å². The lowest BCUT2D eigenvalue weighted by atomic mass is 9.33. The van der Waals surface area contributed by atoms with Crippen LogP contribution in [0.25, 0.3) is 33.0 Å². The summed E-state index contributed by atoms with van der Waals surface area (Å²) in [4.78, 5) is 5.17. The zero-order valence-electron chi connectivity index (χ0n) is 36.8. The van der Waals surface area contributed by atoms with E-state index in [1.54, 1.807) is 0 Å². The molecule has 0 aromatic heterocycles. The predicted molar refractivity (Wildman–Crippen MR) is 280 cm³/mol. The number of fused-ring (bicyclic) bond motifs is 8. The maximum atomic E-state index is 2.64. The third kappa shape index (κ3) is 5.47. The average molecular weight is 845 g/mol. The Kier molecular flexibility index (Phi) is 8.41. The van der Waals surface area contributed by atoms with E-state index >= 15 is 0 Å². The zero-order valence-corrected chi connectivity index (χ0v) is 37.8. The summed E-state index contributed by atoms with van der Waals surface area (Å²) in [7, 11) is -2.82. The van der Waals surface area contributed by atoms with Crippen LogP contribution < -0.4 is 46.9 Å². The lowest BCUT2D eigenvalue weighted by Crippen LogP contribution is -2.73. The second-order valence-electron chi connectivity index (χ2n) is 18.2. The molecule has 0 spiro atoms. The minimum Gasteiger partial charge on any atom is -0.311 e. The summed E-state index contributed by atoms with van der Waals surface area (Å²) in [6.45, 7) is 6.73. The van der Waals surface area contributed by atoms with E-state index < -0.39 is 8.07 Å². The van der Waals surface area contributed by atoms with Gasteiger partial charge in [0.15, 0.2) is 8.07 Å². The maximum Gasteiger partial charge on any atom is 0.252 e. The van der Waals surface area contributed by atoms with Crippen molar-refractivity contribution in [3.63, 3.8) is 0 Å². The van der Waals surface area contributed by atoms with E-state index in [-0.39, 0.29) is 6.71 Å². The summed E-state index contributed by atoms with van der Waals surface area (Å²) in [6, 6.07) is 83.1. The van der Waals surface area contributed by atoms with Gasteiger partial charge in [-0.3, -0.25) is 0 Å². The van der Waals surface area contributed by atoms with Crippen LogP contribution in [0.4, 0.5) is 34.1 Å². The van der Waals surface area contributed by atoms with Gasteiger partial charge in [0.1, 0.15) is 0 Å². The molecule has 65 heavy (non-hydrogen) atoms. The van der Waals surface area contributed by atoms with Gasteiger partial charge in [-0.2, -0.15) is 0 Å². The largest absolute Gasteiger partial charge is 0.311 e. The van der Waals surface area contributed by atoms with Gasteiger partial charge >= 0.3 is 0 Å². The van der Waals surface area contributed by atoms with Crippen molar-refractivity contribution in [2.45, 2.75) is 20.8 Å². The van der Waals surface area contributed by atoms with Crippen LogP contribution in [0.1, 0.15) is 16.7 Å². The number of hydrogen-bond donors (Lipinski definition) is 0. The number of nitrogens with zero attached hydrogens (tertiary/aromatic N) is 2. The Morgan fingerprint density at radius 3 is 1.45 bits per heavy atom. The zero-order chi connectivity index (χ0) is 43.4. The summed E-state index contributed by atoms with van der Waals surface area (Å²) in [5.41, 5.74) is 20.3. The first-order chi connectivity index (χ1) is 32.0. The van der Waals surface area contributed by atoms with Crippen molar-refractivity contribution >= 4 is 96.8 Å². The van der Waals surface area contributed by atoms with Crippen LogP contribution in [0.2, 0.25) is 0 Å². The normalized spacial score (nSPS) is 13.8. The lowest BCUT2D eigenvalue weighted by molar-refractivity contribution is 1.25. The molecule has 10 aromatic rings. The molecule has 3 heterocycles. The molecule has 0 aliphatic carbocycles. The molecule has 4 heteroatoms. The first-order valence-electron chi connectivity index (χ1n) is 22.9. The minimum atomic E-state index is -2.82. The highest BCUT2D eigenvalue weighted by Gasteiger charge is 2.51. The Labute approximate surface area is 382 Å². The number of benzene rings is 10. The Morgan fingerprint density at radius 1 is 0.385 bits per heavy atom. The molecule has 3 aliphatic heterocycles. The van der Waals surface area contributed by atoms with E-state index in [9.17, 15) is 0 Å². The Balaban J connectivity index is 1.21. The molecule has 2 nitrogen and oxygen atoms in total. The summed E-state index contributed by atoms with van der Waals surface area (Å²) < 4.78 is 0. The van der Waals surface area contributed by atoms with Gasteiger partial charge in [0.05, 0.1) is 0 Å². The Hall–Kier alpha value is -7.66. The van der Waals surface area contributed by atoms with Crippen LogP contribution in [0.5, 0.6) is 0 Å². The third-order valence-corrected chi connectivity index (χ3v) is 19.4. The maximum absolute atomic E-state index is 2.82. The fourth-order valence-corrected chi connectivity index (χ4v) is 17.3. The SMILES string of the molecule is Cc1cc(C)c(-c2cc3c4c(c2)N(c2ccccc2)c2cc5ccccc5cc2B4c2cc4c(cc2N3c2ccccc2)[Si](c2ccccc2)(c2ccccc2)c2ccccc2-4)c(C)c1. The summed E-state index contributed by atoms with van der Waals surface area (Å²) >= 11 is 0. The molecule has 10 aromatic carbocycles. The second-order valence-corrected chi connectivity index (χ2v) is 22.0. The van der Waals surface area contributed by atoms with Gasteiger partial charge in [-0.25, -0.2) is 0 Å². The fourth-order valence-electron chi connectivity index (χ4n) is 12.1. The van der Waals surface area contributed by atoms with Gasteiger partial charge < -0.3 is 9.80 Å². The van der Waals surface area contributed by atoms with Gasteiger partial charge in [-0.1, -0.05) is 175 Å². The quantitative estimate of drug-likeness (QED) is 0.159. The van der Waals surface area contributed by atoms with Crippen molar-refractivity contribution < 1.29 is 0 Å². The number of rotatable bonds is 5. The molecule has 0 atom stereocenters. The van der Waals surface area contributed by atoms with Crippen molar-refractivity contribution in [1.82, 2.24) is 0 Å². The van der Waals surface area contributed by atoms with Crippen LogP contribution in [-0.4, -0.2) is 14.8 Å². The third-order valence-electron chi connectivity index (χ3n) is 14.5. The minimum absolute atomic E-state index is 0.0358. The molecule has 0 radical (unpaired) electrons. The molecule has 0 amide bonds. The molecular formula is C61H45BN2Si. The average Bonchev–Trinajstić information content (AvgIpc) is 3.63. The summed E-state index contributed by atoms with van der Waals surface area (Å²) in [5, 5.41) is 8.21. The molecule has 0 saturated heterocycles. The highest BCUT2D eigenvalue weighted by atomic mass is 28.3. The van der Waals surface area contributed by atoms with Crippen LogP contribution in [0.3, 0.4) is 0 Å². The first-order valence-corrected chi connectivity index (χ1v) is 24.9. The fraction of sp³-hybridized carbons (Fsp3) is 0.0492. The highest BCUT2D eigenvalue weighted by molar-refractivity contribution is 7.22. The number of para-hydroxylation sites is 2. The van der Waals surface area contributed by atoms with Crippen molar-refractivity contribution in [1.29, 1.82) is 0 Å². The molecule has 0 bridgehead atoms. The Morgan fingerprint density at radius 2 is 0.862 bits per heavy atom. The van der Waals surface area contributed by atoms with Crippen LogP contribution in [0.15, 0.2) is 218 Å². The van der Waals surface area contributed by atoms with Crippen molar-refractivity contribution in [3.05, 3.63) is 235 Å². The van der Waals surface area contributed by atoms with Crippen molar-refractivity contribution in [3.8, 4) is 22.3 Å². The van der Waals surface area contributed by atoms with E-state index in [1.807, 2.05) is 0 Å². The standard InChI is InChI=1S/C61H45BN2Si/c1-40-32-41(2)60(42(3)33-40)45-36-56-61-57(37-45)64(47-24-10-5-11-25-47)55-39-59-51(50-30-18-19-31-58(50)65(59,48-26-12-6-13-27-48)49-28-14-7-15-29-49)38-53(55)62(61)52-34-43-20-16-17-21-44(43)35-54(52)63(56)46-22-8-4-9-23-46/h4-39H,1-3H3. The van der Waals surface area contributed by atoms with E-state index in [0.29, 0.717) is 0 Å². The molecule has 13 rings (SSSR count). The molecule has 0 fully saturated rings. The molecule has 0 saturated carbocycles. The summed E-state index contributed by atoms with van der Waals surface area (Å²) in [5.74, 6) is 0. The van der Waals surface area contributed by atoms with Crippen molar-refractivity contribution in [2.24, 2.45) is 0 Å². The molecule has 3 aliphatic rings. The highest BCUT2D eigenvalue weighted by Crippen LogP contribution is 2.48. The lowest BCUT2D eigenvalue weighted by Gasteiger charge is -2.45. The van der Waals surface area contributed by atoms with E-state index in [0.717, 1.165) is 11.4 Å². The Bertz CT molecular complexity index is 3470. The van der Waals surface area contributed by atoms with Gasteiger partial charge in [-0.15, -0.1) is 0 Å². The predicted octanol–water partition coefficient (Wildman–Crippen LogP) is 10.9. The van der Waals surface area contributed by atoms with E-state index in [1.165, 1.54) is 110 Å². The van der Waals surface area contributed by atoms with E-state index in [2.05, 4.69) is 249 Å². The molecule has 0 unspecified atom stereocenters. The summed E-state index contributed by atoms with van der Waals surface area (Å²) in [6.07, 6.45) is 0. The van der Waals surface area contributed by atoms with Crippen molar-refractivity contribution in [2.75, 3.05) is 9.80 Å². The molecule has 0 N–H and O–H groups in total. The first kappa shape index (κ1) is 37.9. The topological polar surface area (TPSA) is 6.48 Å². The second kappa shape index (κ2) is 14.4. The van der Waals surface area contributed by atoms with Crippen LogP contribution in [-0.2, 0) is 0 Å². The number of hydrogen-bond acceptors (Lipinski definition) is 2. The van der Waals surface area contributed by atoms with Gasteiger partial charge in [0.2, 0.25) is 0 Å². The molecular weight excluding hydrogens is 800 g/mol. The smallest absolute Gasteiger partial charge is 0.252 e. The number of aryl methyl sites for hydroxylation is 3. The van der Waals surface area contributed by atoms with Gasteiger partial charge in [0.25, 0.3) is 6.71 Å². The molecule has 306 valence electrons.